The first-order chi connectivity index (χ1) is 34.0. The van der Waals surface area contributed by atoms with E-state index in [4.69, 9.17) is 9.05 Å². The summed E-state index contributed by atoms with van der Waals surface area (Å²) in [6, 6.07) is -0.911. The van der Waals surface area contributed by atoms with Crippen LogP contribution >= 0.6 is 7.82 Å². The van der Waals surface area contributed by atoms with Crippen LogP contribution in [-0.4, -0.2) is 68.5 Å². The molecule has 0 saturated carbocycles. The second kappa shape index (κ2) is 52.3. The van der Waals surface area contributed by atoms with Gasteiger partial charge in [-0.15, -0.1) is 0 Å². The molecule has 412 valence electrons. The van der Waals surface area contributed by atoms with Crippen LogP contribution in [-0.2, 0) is 18.4 Å². The highest BCUT2D eigenvalue weighted by Crippen LogP contribution is 2.38. The summed E-state index contributed by atoms with van der Waals surface area (Å²) in [4.78, 5) is 25.5. The van der Waals surface area contributed by atoms with Crippen LogP contribution in [0.3, 0.4) is 0 Å². The molecular weight excluding hydrogens is 888 g/mol. The lowest BCUT2D eigenvalue weighted by Gasteiger charge is -2.29. The fraction of sp³-hybridized carbons (Fsp3) is 0.852. The minimum absolute atomic E-state index is 0.00925. The van der Waals surface area contributed by atoms with Gasteiger partial charge in [0.1, 0.15) is 13.2 Å². The van der Waals surface area contributed by atoms with E-state index in [-0.39, 0.29) is 12.5 Å². The quantitative estimate of drug-likeness (QED) is 0.0272. The van der Waals surface area contributed by atoms with E-state index >= 15 is 0 Å². The first kappa shape index (κ1) is 68.5. The van der Waals surface area contributed by atoms with Gasteiger partial charge in [0.25, 0.3) is 7.82 Å². The number of quaternary nitrogens is 1. The maximum atomic E-state index is 13.0. The molecule has 0 aromatic carbocycles. The number of nitrogens with zero attached hydrogens (tertiary/aromatic N) is 1. The summed E-state index contributed by atoms with van der Waals surface area (Å²) >= 11 is 0. The Balaban J connectivity index is 4.26. The first-order valence-electron chi connectivity index (χ1n) is 30.0. The SMILES string of the molecule is CCCCCCCCCC/C=C\CCCCCCCCCCCCCC(=O)NC(COP(=O)([O-])OCC[N+](C)(C)C)C(O)/C=C/CC/C=C/CC/C=C/CCCCCCCCCCCCCCCCC. The Kier molecular flexibility index (Phi) is 51.2. The molecule has 0 rings (SSSR count). The number of carbonyl (C=O) groups excluding carboxylic acids is 1. The molecule has 70 heavy (non-hydrogen) atoms. The van der Waals surface area contributed by atoms with Crippen LogP contribution in [0, 0.1) is 0 Å². The zero-order valence-electron chi connectivity index (χ0n) is 47.0. The Morgan fingerprint density at radius 3 is 1.16 bits per heavy atom. The van der Waals surface area contributed by atoms with E-state index in [0.717, 1.165) is 44.9 Å². The fourth-order valence-corrected chi connectivity index (χ4v) is 9.49. The van der Waals surface area contributed by atoms with Crippen LogP contribution in [0.2, 0.25) is 0 Å². The molecule has 0 saturated heterocycles. The van der Waals surface area contributed by atoms with E-state index in [0.29, 0.717) is 17.4 Å². The molecule has 1 amide bonds. The van der Waals surface area contributed by atoms with E-state index < -0.39 is 26.6 Å². The third-order valence-corrected chi connectivity index (χ3v) is 14.5. The van der Waals surface area contributed by atoms with Gasteiger partial charge in [-0.3, -0.25) is 9.36 Å². The highest BCUT2D eigenvalue weighted by atomic mass is 31.2. The number of unbranched alkanes of at least 4 members (excludes halogenated alkanes) is 36. The van der Waals surface area contributed by atoms with E-state index in [1.54, 1.807) is 6.08 Å². The summed E-state index contributed by atoms with van der Waals surface area (Å²) < 4.78 is 23.3. The number of aliphatic hydroxyl groups is 1. The number of phosphoric ester groups is 1. The maximum absolute atomic E-state index is 13.0. The monoisotopic (exact) mass is 1000 g/mol. The van der Waals surface area contributed by atoms with Gasteiger partial charge in [-0.2, -0.15) is 0 Å². The average Bonchev–Trinajstić information content (AvgIpc) is 3.32. The molecule has 0 aliphatic carbocycles. The lowest BCUT2D eigenvalue weighted by Crippen LogP contribution is -2.45. The second-order valence-corrected chi connectivity index (χ2v) is 23.1. The summed E-state index contributed by atoms with van der Waals surface area (Å²) in [5, 5.41) is 13.9. The molecule has 0 aromatic heterocycles. The molecular formula is C61H117N2O6P. The number of nitrogens with one attached hydrogen (secondary N) is 1. The number of hydrogen-bond donors (Lipinski definition) is 2. The van der Waals surface area contributed by atoms with Crippen molar-refractivity contribution < 1.29 is 32.9 Å². The van der Waals surface area contributed by atoms with Crippen molar-refractivity contribution in [1.82, 2.24) is 5.32 Å². The number of amides is 1. The molecule has 0 bridgehead atoms. The number of phosphoric acid groups is 1. The molecule has 0 aromatic rings. The Hall–Kier alpha value is -1.54. The molecule has 8 nitrogen and oxygen atoms in total. The molecule has 2 N–H and O–H groups in total. The topological polar surface area (TPSA) is 108 Å². The van der Waals surface area contributed by atoms with Crippen LogP contribution in [0.15, 0.2) is 48.6 Å². The predicted octanol–water partition coefficient (Wildman–Crippen LogP) is 17.7. The number of carbonyl (C=O) groups is 1. The van der Waals surface area contributed by atoms with Crippen molar-refractivity contribution in [2.24, 2.45) is 0 Å². The number of rotatable bonds is 55. The zero-order chi connectivity index (χ0) is 51.3. The first-order valence-corrected chi connectivity index (χ1v) is 31.5. The molecule has 0 fully saturated rings. The van der Waals surface area contributed by atoms with Crippen molar-refractivity contribution in [2.45, 2.75) is 296 Å². The van der Waals surface area contributed by atoms with Crippen LogP contribution in [0.1, 0.15) is 284 Å². The van der Waals surface area contributed by atoms with Crippen LogP contribution in [0.4, 0.5) is 0 Å². The molecule has 3 unspecified atom stereocenters. The van der Waals surface area contributed by atoms with Gasteiger partial charge < -0.3 is 28.8 Å². The maximum Gasteiger partial charge on any atom is 0.268 e. The summed E-state index contributed by atoms with van der Waals surface area (Å²) in [5.41, 5.74) is 0. The third kappa shape index (κ3) is 54.2. The Labute approximate surface area is 435 Å². The van der Waals surface area contributed by atoms with Gasteiger partial charge in [0.2, 0.25) is 5.91 Å². The van der Waals surface area contributed by atoms with Gasteiger partial charge >= 0.3 is 0 Å². The summed E-state index contributed by atoms with van der Waals surface area (Å²) in [5.74, 6) is -0.210. The largest absolute Gasteiger partial charge is 0.756 e. The molecule has 0 aliphatic rings. The summed E-state index contributed by atoms with van der Waals surface area (Å²) in [7, 11) is 1.24. The summed E-state index contributed by atoms with van der Waals surface area (Å²) in [6.45, 7) is 4.65. The molecule has 0 spiro atoms. The minimum Gasteiger partial charge on any atom is -0.756 e. The van der Waals surface area contributed by atoms with Crippen LogP contribution < -0.4 is 10.2 Å². The van der Waals surface area contributed by atoms with Crippen molar-refractivity contribution in [1.29, 1.82) is 0 Å². The lowest BCUT2D eigenvalue weighted by molar-refractivity contribution is -0.870. The van der Waals surface area contributed by atoms with Crippen molar-refractivity contribution >= 4 is 13.7 Å². The Bertz CT molecular complexity index is 1280. The van der Waals surface area contributed by atoms with Crippen molar-refractivity contribution in [2.75, 3.05) is 40.9 Å². The van der Waals surface area contributed by atoms with E-state index in [9.17, 15) is 19.4 Å². The van der Waals surface area contributed by atoms with Gasteiger partial charge in [0, 0.05) is 6.42 Å². The Morgan fingerprint density at radius 2 is 0.800 bits per heavy atom. The van der Waals surface area contributed by atoms with Crippen LogP contribution in [0.25, 0.3) is 0 Å². The molecule has 9 heteroatoms. The van der Waals surface area contributed by atoms with Gasteiger partial charge in [-0.25, -0.2) is 0 Å². The minimum atomic E-state index is -4.61. The smallest absolute Gasteiger partial charge is 0.268 e. The van der Waals surface area contributed by atoms with E-state index in [1.165, 1.54) is 218 Å². The molecule has 3 atom stereocenters. The van der Waals surface area contributed by atoms with Gasteiger partial charge in [-0.1, -0.05) is 255 Å². The predicted molar refractivity (Wildman–Crippen MR) is 302 cm³/mol. The number of likely N-dealkylation sites (N-methyl/N-ethyl adjacent to an activating group) is 1. The highest BCUT2D eigenvalue weighted by molar-refractivity contribution is 7.45. The highest BCUT2D eigenvalue weighted by Gasteiger charge is 2.23. The summed E-state index contributed by atoms with van der Waals surface area (Å²) in [6.07, 6.45) is 69.1. The van der Waals surface area contributed by atoms with Crippen molar-refractivity contribution in [3.8, 4) is 0 Å². The average molecular weight is 1010 g/mol. The standard InChI is InChI=1S/C61H117N2O6P/c1-6-8-10-12-14-16-18-20-22-24-26-28-30-31-33-34-36-38-40-42-44-46-48-50-52-54-60(64)59(58-69-70(66,67)68-57-56-63(3,4)5)62-61(65)55-53-51-49-47-45-43-41-39-37-35-32-29-27-25-23-21-19-17-15-13-11-9-7-2/h25,27,36,38,44,46,52,54,59-60,64H,6-24,26,28-35,37,39-43,45,47-51,53,55-58H2,1-5H3,(H-,62,65,66,67)/b27-25-,38-36+,46-44+,54-52+. The van der Waals surface area contributed by atoms with Gasteiger partial charge in [-0.05, 0) is 70.6 Å². The fourth-order valence-electron chi connectivity index (χ4n) is 8.77. The lowest BCUT2D eigenvalue weighted by atomic mass is 10.0. The normalized spacial score (nSPS) is 14.2. The number of aliphatic hydroxyl groups excluding tert-OH is 1. The molecule has 0 heterocycles. The van der Waals surface area contributed by atoms with Gasteiger partial charge in [0.05, 0.1) is 39.9 Å². The molecule has 0 radical (unpaired) electrons. The molecule has 0 aliphatic heterocycles. The van der Waals surface area contributed by atoms with Crippen molar-refractivity contribution in [3.63, 3.8) is 0 Å². The number of hydrogen-bond acceptors (Lipinski definition) is 6. The Morgan fingerprint density at radius 1 is 0.486 bits per heavy atom. The number of allylic oxidation sites excluding steroid dienone is 7. The van der Waals surface area contributed by atoms with Crippen molar-refractivity contribution in [3.05, 3.63) is 48.6 Å². The van der Waals surface area contributed by atoms with Crippen LogP contribution in [0.5, 0.6) is 0 Å². The third-order valence-electron chi connectivity index (χ3n) is 13.5. The zero-order valence-corrected chi connectivity index (χ0v) is 47.9. The van der Waals surface area contributed by atoms with E-state index in [1.807, 2.05) is 27.2 Å². The van der Waals surface area contributed by atoms with E-state index in [2.05, 4.69) is 55.6 Å². The van der Waals surface area contributed by atoms with Gasteiger partial charge in [0.15, 0.2) is 0 Å². The second-order valence-electron chi connectivity index (χ2n) is 21.7.